The van der Waals surface area contributed by atoms with Crippen molar-refractivity contribution in [2.24, 2.45) is 0 Å². The Morgan fingerprint density at radius 1 is 1.26 bits per heavy atom. The molecule has 2 N–H and O–H groups in total. The fourth-order valence-corrected chi connectivity index (χ4v) is 1.48. The van der Waals surface area contributed by atoms with Crippen LogP contribution in [0.5, 0.6) is 0 Å². The molecule has 3 amide bonds. The second kappa shape index (κ2) is 6.72. The van der Waals surface area contributed by atoms with E-state index in [0.29, 0.717) is 6.54 Å². The highest BCUT2D eigenvalue weighted by molar-refractivity contribution is 5.83. The Morgan fingerprint density at radius 3 is 2.53 bits per heavy atom. The van der Waals surface area contributed by atoms with Gasteiger partial charge in [-0.3, -0.25) is 9.78 Å². The minimum Gasteiger partial charge on any atom is -0.350 e. The van der Waals surface area contributed by atoms with Crippen molar-refractivity contribution in [1.82, 2.24) is 20.5 Å². The Hall–Kier alpha value is -2.11. The molecule has 0 fully saturated rings. The van der Waals surface area contributed by atoms with E-state index in [0.717, 1.165) is 16.8 Å². The van der Waals surface area contributed by atoms with Gasteiger partial charge in [0.2, 0.25) is 5.91 Å². The Kier molecular flexibility index (Phi) is 5.29. The van der Waals surface area contributed by atoms with E-state index in [1.165, 1.54) is 4.90 Å². The number of aryl methyl sites for hydroxylation is 2. The fourth-order valence-electron chi connectivity index (χ4n) is 1.48. The van der Waals surface area contributed by atoms with Gasteiger partial charge in [0.1, 0.15) is 0 Å². The maximum atomic E-state index is 11.6. The van der Waals surface area contributed by atoms with Gasteiger partial charge in [-0.25, -0.2) is 4.79 Å². The number of rotatable bonds is 4. The first kappa shape index (κ1) is 14.9. The minimum absolute atomic E-state index is 0.0324. The van der Waals surface area contributed by atoms with Gasteiger partial charge in [0.25, 0.3) is 0 Å². The number of hydrogen-bond donors (Lipinski definition) is 2. The number of carbonyl (C=O) groups is 2. The molecule has 1 rings (SSSR count). The second-order valence-electron chi connectivity index (χ2n) is 4.58. The van der Waals surface area contributed by atoms with Crippen LogP contribution in [0.2, 0.25) is 0 Å². The van der Waals surface area contributed by atoms with Gasteiger partial charge in [0, 0.05) is 32.5 Å². The van der Waals surface area contributed by atoms with E-state index in [1.54, 1.807) is 20.3 Å². The van der Waals surface area contributed by atoms with Crippen molar-refractivity contribution in [2.45, 2.75) is 20.4 Å². The summed E-state index contributed by atoms with van der Waals surface area (Å²) in [5, 5.41) is 5.24. The van der Waals surface area contributed by atoms with Crippen LogP contribution in [0, 0.1) is 13.8 Å². The van der Waals surface area contributed by atoms with E-state index in [1.807, 2.05) is 19.9 Å². The first-order chi connectivity index (χ1) is 8.90. The Balaban J connectivity index is 2.40. The highest BCUT2D eigenvalue weighted by Gasteiger charge is 2.07. The summed E-state index contributed by atoms with van der Waals surface area (Å²) < 4.78 is 0. The van der Waals surface area contributed by atoms with E-state index in [9.17, 15) is 9.59 Å². The molecule has 19 heavy (non-hydrogen) atoms. The normalized spacial score (nSPS) is 9.89. The summed E-state index contributed by atoms with van der Waals surface area (Å²) >= 11 is 0. The molecule has 0 spiro atoms. The van der Waals surface area contributed by atoms with E-state index < -0.39 is 0 Å². The first-order valence-electron chi connectivity index (χ1n) is 6.04. The molecule has 0 atom stereocenters. The number of hydrogen-bond acceptors (Lipinski definition) is 3. The van der Waals surface area contributed by atoms with E-state index >= 15 is 0 Å². The topological polar surface area (TPSA) is 74.3 Å². The molecule has 0 bridgehead atoms. The third kappa shape index (κ3) is 4.95. The van der Waals surface area contributed by atoms with Crippen molar-refractivity contribution < 1.29 is 9.59 Å². The highest BCUT2D eigenvalue weighted by Crippen LogP contribution is 2.06. The minimum atomic E-state index is -0.289. The maximum Gasteiger partial charge on any atom is 0.317 e. The van der Waals surface area contributed by atoms with Gasteiger partial charge in [0.05, 0.1) is 6.54 Å². The molecular weight excluding hydrogens is 244 g/mol. The summed E-state index contributed by atoms with van der Waals surface area (Å²) in [6.45, 7) is 4.28. The third-order valence-corrected chi connectivity index (χ3v) is 2.64. The molecule has 0 aliphatic rings. The van der Waals surface area contributed by atoms with Crippen LogP contribution in [0.4, 0.5) is 4.79 Å². The molecular formula is C13H20N4O2. The molecule has 1 heterocycles. The molecule has 1 aromatic rings. The van der Waals surface area contributed by atoms with Gasteiger partial charge in [-0.05, 0) is 31.0 Å². The van der Waals surface area contributed by atoms with Crippen molar-refractivity contribution in [2.75, 3.05) is 20.6 Å². The van der Waals surface area contributed by atoms with Crippen LogP contribution in [0.3, 0.4) is 0 Å². The highest BCUT2D eigenvalue weighted by atomic mass is 16.2. The number of urea groups is 1. The standard InChI is InChI=1S/C13H20N4O2/c1-9-5-10(2)14-6-11(9)7-15-12(18)8-16-13(19)17(3)4/h5-6H,7-8H2,1-4H3,(H,15,18)(H,16,19). The second-order valence-corrected chi connectivity index (χ2v) is 4.58. The van der Waals surface area contributed by atoms with Crippen LogP contribution >= 0.6 is 0 Å². The number of carbonyl (C=O) groups excluding carboxylic acids is 2. The fraction of sp³-hybridized carbons (Fsp3) is 0.462. The average Bonchev–Trinajstić information content (AvgIpc) is 2.34. The quantitative estimate of drug-likeness (QED) is 0.835. The molecule has 6 heteroatoms. The third-order valence-electron chi connectivity index (χ3n) is 2.64. The van der Waals surface area contributed by atoms with Gasteiger partial charge in [-0.15, -0.1) is 0 Å². The van der Waals surface area contributed by atoms with Crippen molar-refractivity contribution in [3.05, 3.63) is 29.1 Å². The van der Waals surface area contributed by atoms with Gasteiger partial charge < -0.3 is 15.5 Å². The van der Waals surface area contributed by atoms with Crippen molar-refractivity contribution in [1.29, 1.82) is 0 Å². The summed E-state index contributed by atoms with van der Waals surface area (Å²) in [4.78, 5) is 28.4. The van der Waals surface area contributed by atoms with Crippen LogP contribution in [-0.4, -0.2) is 42.5 Å². The van der Waals surface area contributed by atoms with Gasteiger partial charge in [-0.1, -0.05) is 0 Å². The van der Waals surface area contributed by atoms with Gasteiger partial charge in [-0.2, -0.15) is 0 Å². The smallest absolute Gasteiger partial charge is 0.317 e. The number of aromatic nitrogens is 1. The van der Waals surface area contributed by atoms with Crippen LogP contribution in [-0.2, 0) is 11.3 Å². The largest absolute Gasteiger partial charge is 0.350 e. The van der Waals surface area contributed by atoms with Crippen molar-refractivity contribution >= 4 is 11.9 Å². The maximum absolute atomic E-state index is 11.6. The van der Waals surface area contributed by atoms with Crippen LogP contribution in [0.1, 0.15) is 16.8 Å². The lowest BCUT2D eigenvalue weighted by atomic mass is 10.1. The Morgan fingerprint density at radius 2 is 1.95 bits per heavy atom. The number of nitrogens with zero attached hydrogens (tertiary/aromatic N) is 2. The molecule has 0 aromatic carbocycles. The predicted octanol–water partition coefficient (Wildman–Crippen LogP) is 0.586. The molecule has 0 radical (unpaired) electrons. The molecule has 0 saturated carbocycles. The van der Waals surface area contributed by atoms with Gasteiger partial charge >= 0.3 is 6.03 Å². The van der Waals surface area contributed by atoms with Crippen LogP contribution < -0.4 is 10.6 Å². The lowest BCUT2D eigenvalue weighted by Crippen LogP contribution is -2.41. The van der Waals surface area contributed by atoms with E-state index in [4.69, 9.17) is 0 Å². The van der Waals surface area contributed by atoms with Crippen molar-refractivity contribution in [3.63, 3.8) is 0 Å². The SMILES string of the molecule is Cc1cc(C)c(CNC(=O)CNC(=O)N(C)C)cn1. The molecule has 0 unspecified atom stereocenters. The van der Waals surface area contributed by atoms with Gasteiger partial charge in [0.15, 0.2) is 0 Å². The summed E-state index contributed by atoms with van der Waals surface area (Å²) in [5.41, 5.74) is 3.01. The summed E-state index contributed by atoms with van der Waals surface area (Å²) in [6, 6.07) is 1.68. The zero-order chi connectivity index (χ0) is 14.4. The predicted molar refractivity (Wildman–Crippen MR) is 72.6 cm³/mol. The molecule has 0 saturated heterocycles. The molecule has 6 nitrogen and oxygen atoms in total. The monoisotopic (exact) mass is 264 g/mol. The summed E-state index contributed by atoms with van der Waals surface area (Å²) in [7, 11) is 3.24. The molecule has 0 aliphatic carbocycles. The van der Waals surface area contributed by atoms with Crippen LogP contribution in [0.25, 0.3) is 0 Å². The lowest BCUT2D eigenvalue weighted by molar-refractivity contribution is -0.120. The summed E-state index contributed by atoms with van der Waals surface area (Å²) in [5.74, 6) is -0.227. The number of pyridine rings is 1. The van der Waals surface area contributed by atoms with E-state index in [2.05, 4.69) is 15.6 Å². The molecule has 0 aliphatic heterocycles. The Labute approximate surface area is 113 Å². The van der Waals surface area contributed by atoms with Crippen LogP contribution in [0.15, 0.2) is 12.3 Å². The first-order valence-corrected chi connectivity index (χ1v) is 6.04. The lowest BCUT2D eigenvalue weighted by Gasteiger charge is -2.12. The Bertz CT molecular complexity index is 472. The molecule has 104 valence electrons. The zero-order valence-electron chi connectivity index (χ0n) is 11.8. The average molecular weight is 264 g/mol. The molecule has 1 aromatic heterocycles. The van der Waals surface area contributed by atoms with E-state index in [-0.39, 0.29) is 18.5 Å². The zero-order valence-corrected chi connectivity index (χ0v) is 11.8. The number of nitrogens with one attached hydrogen (secondary N) is 2. The summed E-state index contributed by atoms with van der Waals surface area (Å²) in [6.07, 6.45) is 1.75. The number of amides is 3. The van der Waals surface area contributed by atoms with Crippen molar-refractivity contribution in [3.8, 4) is 0 Å².